The fourth-order valence-electron chi connectivity index (χ4n) is 1.35. The molecule has 0 fully saturated rings. The van der Waals surface area contributed by atoms with Crippen molar-refractivity contribution < 1.29 is 0 Å². The van der Waals surface area contributed by atoms with E-state index in [0.29, 0.717) is 5.92 Å². The Morgan fingerprint density at radius 1 is 1.18 bits per heavy atom. The summed E-state index contributed by atoms with van der Waals surface area (Å²) in [6.45, 7) is 11.0. The highest BCUT2D eigenvalue weighted by Gasteiger charge is 2.08. The molecule has 0 spiro atoms. The lowest BCUT2D eigenvalue weighted by atomic mass is 9.89. The van der Waals surface area contributed by atoms with Gasteiger partial charge in [-0.15, -0.1) is 0 Å². The van der Waals surface area contributed by atoms with Crippen molar-refractivity contribution in [1.82, 2.24) is 0 Å². The lowest BCUT2D eigenvalue weighted by Gasteiger charge is -2.17. The van der Waals surface area contributed by atoms with Crippen molar-refractivity contribution in [2.45, 2.75) is 52.9 Å². The van der Waals surface area contributed by atoms with E-state index in [1.165, 1.54) is 32.1 Å². The van der Waals surface area contributed by atoms with Crippen LogP contribution in [0.25, 0.3) is 0 Å². The molecule has 0 aromatic rings. The van der Waals surface area contributed by atoms with Crippen molar-refractivity contribution >= 4 is 0 Å². The van der Waals surface area contributed by atoms with E-state index in [9.17, 15) is 0 Å². The van der Waals surface area contributed by atoms with Crippen molar-refractivity contribution in [1.29, 1.82) is 0 Å². The molecule has 11 heavy (non-hydrogen) atoms. The Morgan fingerprint density at radius 2 is 1.82 bits per heavy atom. The van der Waals surface area contributed by atoms with Crippen LogP contribution in [0, 0.1) is 18.8 Å². The third-order valence-corrected chi connectivity index (χ3v) is 2.59. The molecule has 0 aliphatic heterocycles. The molecular formula is C11H23. The third-order valence-electron chi connectivity index (χ3n) is 2.59. The third kappa shape index (κ3) is 5.29. The largest absolute Gasteiger partial charge is 0.0654 e. The Balaban J connectivity index is 3.28. The first-order chi connectivity index (χ1) is 5.22. The molecule has 1 radical (unpaired) electrons. The molecule has 0 N–H and O–H groups in total. The van der Waals surface area contributed by atoms with Crippen LogP contribution in [0.1, 0.15) is 52.9 Å². The van der Waals surface area contributed by atoms with E-state index in [1.54, 1.807) is 0 Å². The van der Waals surface area contributed by atoms with Gasteiger partial charge in [0.05, 0.1) is 0 Å². The van der Waals surface area contributed by atoms with Crippen molar-refractivity contribution in [2.75, 3.05) is 0 Å². The zero-order valence-corrected chi connectivity index (χ0v) is 8.40. The molecule has 0 aliphatic carbocycles. The molecule has 0 heteroatoms. The summed E-state index contributed by atoms with van der Waals surface area (Å²) in [6.07, 6.45) is 6.72. The monoisotopic (exact) mass is 155 g/mol. The molecule has 0 aromatic heterocycles. The molecule has 0 saturated heterocycles. The van der Waals surface area contributed by atoms with Crippen molar-refractivity contribution in [3.8, 4) is 0 Å². The van der Waals surface area contributed by atoms with Crippen LogP contribution in [0.2, 0.25) is 0 Å². The number of unbranched alkanes of at least 4 members (excludes halogenated alkanes) is 2. The van der Waals surface area contributed by atoms with Gasteiger partial charge >= 0.3 is 0 Å². The Morgan fingerprint density at radius 3 is 2.27 bits per heavy atom. The Kier molecular flexibility index (Phi) is 6.69. The average molecular weight is 155 g/mol. The molecule has 0 aromatic carbocycles. The Bertz CT molecular complexity index is 76.1. The van der Waals surface area contributed by atoms with E-state index >= 15 is 0 Å². The van der Waals surface area contributed by atoms with Crippen LogP contribution in [0.5, 0.6) is 0 Å². The molecule has 0 bridgehead atoms. The van der Waals surface area contributed by atoms with Gasteiger partial charge in [-0.3, -0.25) is 0 Å². The predicted molar refractivity (Wildman–Crippen MR) is 52.4 cm³/mol. The van der Waals surface area contributed by atoms with Crippen molar-refractivity contribution in [2.24, 2.45) is 11.8 Å². The first-order valence-electron chi connectivity index (χ1n) is 5.05. The topological polar surface area (TPSA) is 0 Å². The number of rotatable bonds is 6. The Hall–Kier alpha value is 0. The first-order valence-corrected chi connectivity index (χ1v) is 5.05. The fourth-order valence-corrected chi connectivity index (χ4v) is 1.35. The van der Waals surface area contributed by atoms with Crippen LogP contribution in [-0.4, -0.2) is 0 Å². The lowest BCUT2D eigenvalue weighted by molar-refractivity contribution is 0.374. The van der Waals surface area contributed by atoms with Gasteiger partial charge in [0.25, 0.3) is 0 Å². The second-order valence-corrected chi connectivity index (χ2v) is 3.64. The highest BCUT2D eigenvalue weighted by atomic mass is 14.1. The number of hydrogen-bond acceptors (Lipinski definition) is 0. The molecular weight excluding hydrogens is 132 g/mol. The predicted octanol–water partition coefficient (Wildman–Crippen LogP) is 4.06. The Labute approximate surface area is 72.4 Å². The van der Waals surface area contributed by atoms with Crippen molar-refractivity contribution in [3.63, 3.8) is 0 Å². The highest BCUT2D eigenvalue weighted by molar-refractivity contribution is 4.66. The zero-order valence-electron chi connectivity index (χ0n) is 8.40. The summed E-state index contributed by atoms with van der Waals surface area (Å²) < 4.78 is 0. The minimum absolute atomic E-state index is 0.673. The summed E-state index contributed by atoms with van der Waals surface area (Å²) in [4.78, 5) is 0. The number of hydrogen-bond donors (Lipinski definition) is 0. The van der Waals surface area contributed by atoms with Gasteiger partial charge < -0.3 is 0 Å². The molecule has 0 nitrogen and oxygen atoms in total. The van der Waals surface area contributed by atoms with Crippen LogP contribution in [0.15, 0.2) is 0 Å². The van der Waals surface area contributed by atoms with Gasteiger partial charge in [-0.05, 0) is 18.8 Å². The van der Waals surface area contributed by atoms with Crippen LogP contribution in [-0.2, 0) is 0 Å². The maximum atomic E-state index is 4.14. The smallest absolute Gasteiger partial charge is 0.0391 e. The summed E-state index contributed by atoms with van der Waals surface area (Å²) in [5.74, 6) is 1.50. The van der Waals surface area contributed by atoms with E-state index in [1.807, 2.05) is 0 Å². The van der Waals surface area contributed by atoms with E-state index in [0.717, 1.165) is 5.92 Å². The van der Waals surface area contributed by atoms with Gasteiger partial charge in [0, 0.05) is 0 Å². The van der Waals surface area contributed by atoms with Crippen LogP contribution in [0.4, 0.5) is 0 Å². The maximum absolute atomic E-state index is 4.14. The second kappa shape index (κ2) is 6.69. The molecule has 0 saturated carbocycles. The van der Waals surface area contributed by atoms with Gasteiger partial charge in [0.1, 0.15) is 0 Å². The van der Waals surface area contributed by atoms with Crippen LogP contribution < -0.4 is 0 Å². The van der Waals surface area contributed by atoms with E-state index in [4.69, 9.17) is 0 Å². The van der Waals surface area contributed by atoms with Gasteiger partial charge in [-0.2, -0.15) is 0 Å². The molecule has 0 aliphatic rings. The van der Waals surface area contributed by atoms with E-state index in [2.05, 4.69) is 27.7 Å². The molecule has 0 rings (SSSR count). The summed E-state index contributed by atoms with van der Waals surface area (Å²) >= 11 is 0. The second-order valence-electron chi connectivity index (χ2n) is 3.64. The lowest BCUT2D eigenvalue weighted by Crippen LogP contribution is -2.06. The van der Waals surface area contributed by atoms with E-state index < -0.39 is 0 Å². The summed E-state index contributed by atoms with van der Waals surface area (Å²) in [6, 6.07) is 0. The van der Waals surface area contributed by atoms with Crippen LogP contribution in [0.3, 0.4) is 0 Å². The van der Waals surface area contributed by atoms with Gasteiger partial charge in [0.15, 0.2) is 0 Å². The zero-order chi connectivity index (χ0) is 8.69. The average Bonchev–Trinajstić information content (AvgIpc) is 2.03. The minimum atomic E-state index is 0.673. The van der Waals surface area contributed by atoms with Gasteiger partial charge in [0.2, 0.25) is 0 Å². The minimum Gasteiger partial charge on any atom is -0.0654 e. The first kappa shape index (κ1) is 11.0. The quantitative estimate of drug-likeness (QED) is 0.507. The molecule has 2 atom stereocenters. The SMILES string of the molecule is [CH2]C(CC)C(C)CCCCC. The van der Waals surface area contributed by atoms with Gasteiger partial charge in [-0.25, -0.2) is 0 Å². The molecule has 2 unspecified atom stereocenters. The fraction of sp³-hybridized carbons (Fsp3) is 0.909. The molecule has 0 heterocycles. The molecule has 0 amide bonds. The normalized spacial score (nSPS) is 16.4. The summed E-state index contributed by atoms with van der Waals surface area (Å²) in [5, 5.41) is 0. The summed E-state index contributed by atoms with van der Waals surface area (Å²) in [5.41, 5.74) is 0. The van der Waals surface area contributed by atoms with Crippen LogP contribution >= 0.6 is 0 Å². The maximum Gasteiger partial charge on any atom is -0.0391 e. The van der Waals surface area contributed by atoms with Crippen molar-refractivity contribution in [3.05, 3.63) is 6.92 Å². The summed E-state index contributed by atoms with van der Waals surface area (Å²) in [7, 11) is 0. The van der Waals surface area contributed by atoms with E-state index in [-0.39, 0.29) is 0 Å². The highest BCUT2D eigenvalue weighted by Crippen LogP contribution is 2.20. The standard InChI is InChI=1S/C11H23/c1-5-7-8-9-11(4)10(3)6-2/h10-11H,3,5-9H2,1-2,4H3. The van der Waals surface area contributed by atoms with Gasteiger partial charge in [-0.1, -0.05) is 52.9 Å². The molecule has 67 valence electrons.